The van der Waals surface area contributed by atoms with Gasteiger partial charge in [-0.1, -0.05) is 141 Å². The molecule has 0 aliphatic rings. The minimum absolute atomic E-state index is 0.0721. The highest BCUT2D eigenvalue weighted by molar-refractivity contribution is 7.47. The van der Waals surface area contributed by atoms with E-state index < -0.39 is 20.0 Å². The molecule has 278 valence electrons. The third-order valence-electron chi connectivity index (χ3n) is 8.48. The van der Waals surface area contributed by atoms with E-state index in [1.165, 1.54) is 83.5 Å². The molecule has 0 aliphatic carbocycles. The van der Waals surface area contributed by atoms with Gasteiger partial charge in [-0.2, -0.15) is 0 Å². The summed E-state index contributed by atoms with van der Waals surface area (Å²) in [5.74, 6) is -0.160. The number of phosphoric ester groups is 1. The van der Waals surface area contributed by atoms with Crippen molar-refractivity contribution in [3.8, 4) is 0 Å². The Morgan fingerprint density at radius 2 is 1.19 bits per heavy atom. The Bertz CT molecular complexity index is 829. The number of amides is 1. The Morgan fingerprint density at radius 1 is 0.723 bits per heavy atom. The zero-order chi connectivity index (χ0) is 35.1. The van der Waals surface area contributed by atoms with Gasteiger partial charge in [0.1, 0.15) is 13.2 Å². The van der Waals surface area contributed by atoms with E-state index in [1.807, 2.05) is 21.1 Å². The molecule has 3 N–H and O–H groups in total. The van der Waals surface area contributed by atoms with Crippen LogP contribution < -0.4 is 5.32 Å². The molecule has 0 aliphatic heterocycles. The van der Waals surface area contributed by atoms with Gasteiger partial charge in [-0.25, -0.2) is 4.57 Å². The summed E-state index contributed by atoms with van der Waals surface area (Å²) in [7, 11) is 1.60. The van der Waals surface area contributed by atoms with Gasteiger partial charge in [0.25, 0.3) is 0 Å². The van der Waals surface area contributed by atoms with Crippen molar-refractivity contribution in [3.63, 3.8) is 0 Å². The number of aliphatic hydroxyl groups is 1. The van der Waals surface area contributed by atoms with Crippen LogP contribution in [0.15, 0.2) is 24.3 Å². The van der Waals surface area contributed by atoms with Crippen LogP contribution >= 0.6 is 7.82 Å². The van der Waals surface area contributed by atoms with Gasteiger partial charge in [-0.15, -0.1) is 0 Å². The predicted molar refractivity (Wildman–Crippen MR) is 198 cm³/mol. The first-order valence-corrected chi connectivity index (χ1v) is 20.7. The monoisotopic (exact) mass is 688 g/mol. The first-order chi connectivity index (χ1) is 22.5. The van der Waals surface area contributed by atoms with Gasteiger partial charge in [0.2, 0.25) is 5.91 Å². The van der Waals surface area contributed by atoms with Crippen molar-refractivity contribution in [1.29, 1.82) is 0 Å². The van der Waals surface area contributed by atoms with Gasteiger partial charge < -0.3 is 19.8 Å². The lowest BCUT2D eigenvalue weighted by Crippen LogP contribution is -2.46. The van der Waals surface area contributed by atoms with Crippen molar-refractivity contribution in [3.05, 3.63) is 24.3 Å². The van der Waals surface area contributed by atoms with Crippen LogP contribution in [0.5, 0.6) is 0 Å². The number of aliphatic hydroxyl groups excluding tert-OH is 1. The SMILES string of the molecule is CCCCC/C=C\C=C/CCCCCCCCC(=O)NC(COP(=O)(O)OCC[N+](C)(C)C)C(O)CCCCCCCCCCCC. The van der Waals surface area contributed by atoms with Crippen molar-refractivity contribution < 1.29 is 32.9 Å². The maximum absolute atomic E-state index is 12.8. The van der Waals surface area contributed by atoms with Gasteiger partial charge in [0, 0.05) is 6.42 Å². The highest BCUT2D eigenvalue weighted by Gasteiger charge is 2.28. The van der Waals surface area contributed by atoms with E-state index in [1.54, 1.807) is 0 Å². The average molecular weight is 688 g/mol. The molecule has 0 aromatic rings. The maximum Gasteiger partial charge on any atom is 0.472 e. The fourth-order valence-corrected chi connectivity index (χ4v) is 6.06. The fraction of sp³-hybridized carbons (Fsp3) is 0.868. The fourth-order valence-electron chi connectivity index (χ4n) is 5.33. The topological polar surface area (TPSA) is 105 Å². The molecule has 0 saturated heterocycles. The van der Waals surface area contributed by atoms with E-state index in [-0.39, 0.29) is 19.1 Å². The van der Waals surface area contributed by atoms with Crippen molar-refractivity contribution >= 4 is 13.7 Å². The summed E-state index contributed by atoms with van der Waals surface area (Å²) in [5.41, 5.74) is 0. The average Bonchev–Trinajstić information content (AvgIpc) is 3.01. The number of quaternary nitrogens is 1. The van der Waals surface area contributed by atoms with Crippen molar-refractivity contribution in [2.75, 3.05) is 40.9 Å². The summed E-state index contributed by atoms with van der Waals surface area (Å²) < 4.78 is 23.5. The number of likely N-dealkylation sites (N-methyl/N-ethyl adjacent to an activating group) is 1. The minimum Gasteiger partial charge on any atom is -0.391 e. The summed E-state index contributed by atoms with van der Waals surface area (Å²) >= 11 is 0. The van der Waals surface area contributed by atoms with Crippen LogP contribution in [0, 0.1) is 0 Å². The predicted octanol–water partition coefficient (Wildman–Crippen LogP) is 9.80. The smallest absolute Gasteiger partial charge is 0.391 e. The first kappa shape index (κ1) is 46.0. The Hall–Kier alpha value is -1.02. The van der Waals surface area contributed by atoms with Gasteiger partial charge in [0.15, 0.2) is 0 Å². The lowest BCUT2D eigenvalue weighted by molar-refractivity contribution is -0.870. The summed E-state index contributed by atoms with van der Waals surface area (Å²) in [6.07, 6.45) is 33.4. The van der Waals surface area contributed by atoms with Crippen molar-refractivity contribution in [2.24, 2.45) is 0 Å². The zero-order valence-corrected chi connectivity index (χ0v) is 32.2. The molecule has 0 bridgehead atoms. The molecule has 8 nitrogen and oxygen atoms in total. The van der Waals surface area contributed by atoms with Gasteiger partial charge >= 0.3 is 7.82 Å². The second-order valence-corrected chi connectivity index (χ2v) is 15.8. The second-order valence-electron chi connectivity index (χ2n) is 14.3. The molecule has 9 heteroatoms. The number of rotatable bonds is 34. The molecule has 0 rings (SSSR count). The standard InChI is InChI=1S/C38H75N2O6P/c1-6-8-10-12-14-16-18-19-20-21-22-24-26-28-30-32-38(42)39-36(35-46-47(43,44)45-34-33-40(3,4)5)37(41)31-29-27-25-23-17-15-13-11-9-7-2/h14,16,18-19,36-37,41H,6-13,15,17,20-35H2,1-5H3,(H-,39,42,43,44)/p+1/b16-14-,19-18-. The van der Waals surface area contributed by atoms with E-state index in [0.717, 1.165) is 51.4 Å². The molecule has 3 atom stereocenters. The Labute approximate surface area is 290 Å². The highest BCUT2D eigenvalue weighted by atomic mass is 31.2. The van der Waals surface area contributed by atoms with Crippen LogP contribution in [0.4, 0.5) is 0 Å². The van der Waals surface area contributed by atoms with E-state index in [9.17, 15) is 19.4 Å². The van der Waals surface area contributed by atoms with E-state index in [0.29, 0.717) is 23.9 Å². The van der Waals surface area contributed by atoms with Crippen LogP contribution in [-0.2, 0) is 18.4 Å². The first-order valence-electron chi connectivity index (χ1n) is 19.2. The van der Waals surface area contributed by atoms with Crippen molar-refractivity contribution in [2.45, 2.75) is 174 Å². The molecule has 3 unspecified atom stereocenters. The number of carbonyl (C=O) groups excluding carboxylic acids is 1. The number of hydrogen-bond acceptors (Lipinski definition) is 5. The Morgan fingerprint density at radius 3 is 1.74 bits per heavy atom. The Kier molecular flexibility index (Phi) is 30.3. The second kappa shape index (κ2) is 31.0. The molecular weight excluding hydrogens is 611 g/mol. The van der Waals surface area contributed by atoms with Gasteiger partial charge in [0.05, 0.1) is 39.9 Å². The third-order valence-corrected chi connectivity index (χ3v) is 9.46. The number of nitrogens with one attached hydrogen (secondary N) is 1. The number of nitrogens with zero attached hydrogens (tertiary/aromatic N) is 1. The Balaban J connectivity index is 4.47. The minimum atomic E-state index is -4.30. The van der Waals surface area contributed by atoms with Crippen LogP contribution in [0.3, 0.4) is 0 Å². The summed E-state index contributed by atoms with van der Waals surface area (Å²) in [5, 5.41) is 13.8. The summed E-state index contributed by atoms with van der Waals surface area (Å²) in [6.45, 7) is 4.81. The largest absolute Gasteiger partial charge is 0.472 e. The number of carbonyl (C=O) groups is 1. The van der Waals surface area contributed by atoms with Crippen LogP contribution in [0.2, 0.25) is 0 Å². The summed E-state index contributed by atoms with van der Waals surface area (Å²) in [4.78, 5) is 23.0. The maximum atomic E-state index is 12.8. The number of allylic oxidation sites excluding steroid dienone is 4. The lowest BCUT2D eigenvalue weighted by atomic mass is 10.0. The molecule has 0 fully saturated rings. The molecule has 1 amide bonds. The quantitative estimate of drug-likeness (QED) is 0.0269. The van der Waals surface area contributed by atoms with E-state index >= 15 is 0 Å². The van der Waals surface area contributed by atoms with Crippen LogP contribution in [0.1, 0.15) is 162 Å². The molecule has 47 heavy (non-hydrogen) atoms. The molecule has 0 heterocycles. The van der Waals surface area contributed by atoms with E-state index in [2.05, 4.69) is 43.5 Å². The molecule has 0 spiro atoms. The zero-order valence-electron chi connectivity index (χ0n) is 31.3. The van der Waals surface area contributed by atoms with Crippen LogP contribution in [0.25, 0.3) is 0 Å². The number of phosphoric acid groups is 1. The van der Waals surface area contributed by atoms with Crippen LogP contribution in [-0.4, -0.2) is 73.4 Å². The number of hydrogen-bond donors (Lipinski definition) is 3. The van der Waals surface area contributed by atoms with E-state index in [4.69, 9.17) is 9.05 Å². The highest BCUT2D eigenvalue weighted by Crippen LogP contribution is 2.43. The molecule has 0 saturated carbocycles. The molecule has 0 aromatic carbocycles. The lowest BCUT2D eigenvalue weighted by Gasteiger charge is -2.26. The molecule has 0 radical (unpaired) electrons. The molecular formula is C38H76N2O6P+. The number of unbranched alkanes of at least 4 members (excludes halogenated alkanes) is 18. The molecule has 0 aromatic heterocycles. The third kappa shape index (κ3) is 33.3. The normalized spacial score (nSPS) is 15.0. The summed E-state index contributed by atoms with van der Waals surface area (Å²) in [6, 6.07) is -0.761. The van der Waals surface area contributed by atoms with Gasteiger partial charge in [-0.3, -0.25) is 13.8 Å². The van der Waals surface area contributed by atoms with Gasteiger partial charge in [-0.05, 0) is 38.5 Å². The van der Waals surface area contributed by atoms with Crippen molar-refractivity contribution in [1.82, 2.24) is 5.32 Å².